The van der Waals surface area contributed by atoms with Crippen molar-refractivity contribution in [2.24, 2.45) is 7.05 Å². The van der Waals surface area contributed by atoms with Crippen molar-refractivity contribution in [1.29, 1.82) is 0 Å². The summed E-state index contributed by atoms with van der Waals surface area (Å²) in [5.41, 5.74) is 2.44. The number of hydrogen-bond donors (Lipinski definition) is 0. The van der Waals surface area contributed by atoms with Gasteiger partial charge in [-0.3, -0.25) is 14.5 Å². The maximum atomic E-state index is 12.8. The van der Waals surface area contributed by atoms with Crippen molar-refractivity contribution in [3.8, 4) is 5.75 Å². The van der Waals surface area contributed by atoms with E-state index in [-0.39, 0.29) is 11.9 Å². The topological polar surface area (TPSA) is 60.2 Å². The van der Waals surface area contributed by atoms with Gasteiger partial charge in [0.2, 0.25) is 0 Å². The number of amides is 1. The van der Waals surface area contributed by atoms with Crippen LogP contribution in [0.25, 0.3) is 0 Å². The molecular weight excluding hydrogens is 292 g/mol. The molecule has 0 radical (unpaired) electrons. The number of ether oxygens (including phenoxy) is 1. The number of aryl methyl sites for hydroxylation is 2. The summed E-state index contributed by atoms with van der Waals surface area (Å²) in [5, 5.41) is 4.17. The highest BCUT2D eigenvalue weighted by Crippen LogP contribution is 2.23. The Hall–Kier alpha value is -2.37. The minimum absolute atomic E-state index is 0.0459. The van der Waals surface area contributed by atoms with E-state index in [2.05, 4.69) is 10.1 Å². The number of likely N-dealkylation sites (tertiary alicyclic amines) is 1. The fourth-order valence-corrected chi connectivity index (χ4v) is 2.95. The molecule has 6 nitrogen and oxygen atoms in total. The molecule has 122 valence electrons. The van der Waals surface area contributed by atoms with Crippen molar-refractivity contribution in [1.82, 2.24) is 19.7 Å². The van der Waals surface area contributed by atoms with Gasteiger partial charge >= 0.3 is 0 Å². The molecule has 23 heavy (non-hydrogen) atoms. The molecule has 1 atom stereocenters. The van der Waals surface area contributed by atoms with E-state index in [1.54, 1.807) is 17.1 Å². The van der Waals surface area contributed by atoms with Gasteiger partial charge in [-0.1, -0.05) is 0 Å². The second-order valence-corrected chi connectivity index (χ2v) is 5.96. The fraction of sp³-hybridized carbons (Fsp3) is 0.471. The summed E-state index contributed by atoms with van der Waals surface area (Å²) in [4.78, 5) is 18.9. The van der Waals surface area contributed by atoms with E-state index >= 15 is 0 Å². The molecule has 0 aliphatic carbocycles. The predicted octanol–water partition coefficient (Wildman–Crippen LogP) is 2.12. The lowest BCUT2D eigenvalue weighted by molar-refractivity contribution is 0.0690. The normalized spacial score (nSPS) is 17.5. The molecule has 3 rings (SSSR count). The zero-order valence-corrected chi connectivity index (χ0v) is 13.8. The van der Waals surface area contributed by atoms with Crippen LogP contribution in [0.3, 0.4) is 0 Å². The van der Waals surface area contributed by atoms with Crippen LogP contribution in [-0.2, 0) is 7.05 Å². The maximum Gasteiger partial charge on any atom is 0.257 e. The number of hydrogen-bond acceptors (Lipinski definition) is 4. The van der Waals surface area contributed by atoms with E-state index in [4.69, 9.17) is 4.74 Å². The number of rotatable bonds is 4. The molecular formula is C17H22N4O2. The van der Waals surface area contributed by atoms with Gasteiger partial charge in [-0.15, -0.1) is 0 Å². The van der Waals surface area contributed by atoms with Crippen LogP contribution < -0.4 is 4.74 Å². The lowest BCUT2D eigenvalue weighted by atomic mass is 10.2. The largest absolute Gasteiger partial charge is 0.490 e. The molecule has 6 heteroatoms. The number of carbonyl (C=O) groups is 1. The maximum absolute atomic E-state index is 12.8. The monoisotopic (exact) mass is 314 g/mol. The Balaban J connectivity index is 1.69. The Labute approximate surface area is 136 Å². The lowest BCUT2D eigenvalue weighted by Gasteiger charge is -2.25. The average Bonchev–Trinajstić information content (AvgIpc) is 3.14. The number of pyridine rings is 1. The zero-order valence-electron chi connectivity index (χ0n) is 13.8. The highest BCUT2D eigenvalue weighted by molar-refractivity contribution is 5.95. The molecule has 0 spiro atoms. The highest BCUT2D eigenvalue weighted by Gasteiger charge is 2.31. The van der Waals surface area contributed by atoms with E-state index in [9.17, 15) is 4.79 Å². The molecule has 1 saturated heterocycles. The van der Waals surface area contributed by atoms with Crippen LogP contribution in [0.2, 0.25) is 0 Å². The molecule has 1 aliphatic heterocycles. The Kier molecular flexibility index (Phi) is 4.32. The van der Waals surface area contributed by atoms with Crippen molar-refractivity contribution in [2.45, 2.75) is 32.7 Å². The van der Waals surface area contributed by atoms with E-state index in [1.165, 1.54) is 0 Å². The van der Waals surface area contributed by atoms with Crippen LogP contribution in [0.4, 0.5) is 0 Å². The first kappa shape index (κ1) is 15.5. The summed E-state index contributed by atoms with van der Waals surface area (Å²) >= 11 is 0. The Morgan fingerprint density at radius 2 is 2.26 bits per heavy atom. The van der Waals surface area contributed by atoms with Gasteiger partial charge in [-0.25, -0.2) is 0 Å². The van der Waals surface area contributed by atoms with Crippen molar-refractivity contribution in [3.05, 3.63) is 41.5 Å². The molecule has 2 aromatic heterocycles. The Morgan fingerprint density at radius 3 is 2.96 bits per heavy atom. The van der Waals surface area contributed by atoms with Crippen LogP contribution in [0.1, 0.15) is 34.6 Å². The van der Waals surface area contributed by atoms with E-state index in [0.717, 1.165) is 36.5 Å². The minimum Gasteiger partial charge on any atom is -0.490 e. The summed E-state index contributed by atoms with van der Waals surface area (Å²) in [5.74, 6) is 0.828. The second kappa shape index (κ2) is 6.40. The van der Waals surface area contributed by atoms with Crippen molar-refractivity contribution in [3.63, 3.8) is 0 Å². The molecule has 1 fully saturated rings. The summed E-state index contributed by atoms with van der Waals surface area (Å²) < 4.78 is 7.63. The van der Waals surface area contributed by atoms with Crippen LogP contribution in [0, 0.1) is 13.8 Å². The van der Waals surface area contributed by atoms with Crippen LogP contribution >= 0.6 is 0 Å². The van der Waals surface area contributed by atoms with Gasteiger partial charge in [0, 0.05) is 25.5 Å². The summed E-state index contributed by atoms with van der Waals surface area (Å²) in [6, 6.07) is 3.87. The Morgan fingerprint density at radius 1 is 1.43 bits per heavy atom. The zero-order chi connectivity index (χ0) is 16.4. The molecule has 1 amide bonds. The summed E-state index contributed by atoms with van der Waals surface area (Å²) in [6.45, 7) is 5.11. The molecule has 0 bridgehead atoms. The van der Waals surface area contributed by atoms with Crippen molar-refractivity contribution < 1.29 is 9.53 Å². The molecule has 0 aromatic carbocycles. The number of aromatic nitrogens is 3. The lowest BCUT2D eigenvalue weighted by Crippen LogP contribution is -2.39. The van der Waals surface area contributed by atoms with E-state index in [0.29, 0.717) is 12.2 Å². The van der Waals surface area contributed by atoms with Crippen molar-refractivity contribution >= 4 is 5.91 Å². The van der Waals surface area contributed by atoms with Gasteiger partial charge in [0.1, 0.15) is 12.4 Å². The van der Waals surface area contributed by atoms with Gasteiger partial charge in [-0.2, -0.15) is 5.10 Å². The third-order valence-electron chi connectivity index (χ3n) is 4.49. The molecule has 3 heterocycles. The van der Waals surface area contributed by atoms with Gasteiger partial charge in [0.15, 0.2) is 0 Å². The molecule has 0 N–H and O–H groups in total. The van der Waals surface area contributed by atoms with Crippen LogP contribution in [0.15, 0.2) is 24.5 Å². The van der Waals surface area contributed by atoms with Crippen LogP contribution in [-0.4, -0.2) is 44.8 Å². The predicted molar refractivity (Wildman–Crippen MR) is 86.5 cm³/mol. The van der Waals surface area contributed by atoms with Crippen molar-refractivity contribution in [2.75, 3.05) is 13.2 Å². The van der Waals surface area contributed by atoms with E-state index < -0.39 is 0 Å². The number of carbonyl (C=O) groups excluding carboxylic acids is 1. The third kappa shape index (κ3) is 3.06. The quantitative estimate of drug-likeness (QED) is 0.867. The summed E-state index contributed by atoms with van der Waals surface area (Å²) in [7, 11) is 1.85. The van der Waals surface area contributed by atoms with Gasteiger partial charge in [0.05, 0.1) is 23.5 Å². The van der Waals surface area contributed by atoms with Gasteiger partial charge in [0.25, 0.3) is 5.91 Å². The minimum atomic E-state index is 0.0459. The third-order valence-corrected chi connectivity index (χ3v) is 4.49. The fourth-order valence-electron chi connectivity index (χ4n) is 2.95. The molecule has 2 aromatic rings. The standard InChI is InChI=1S/C17H22N4O2/c1-12-16(7-4-8-18-12)23-11-14-6-5-9-21(14)17(22)15-10-19-20(3)13(15)2/h4,7-8,10,14H,5-6,9,11H2,1-3H3. The first-order chi connectivity index (χ1) is 11.1. The van der Waals surface area contributed by atoms with Gasteiger partial charge < -0.3 is 9.64 Å². The number of nitrogens with zero attached hydrogens (tertiary/aromatic N) is 4. The highest BCUT2D eigenvalue weighted by atomic mass is 16.5. The first-order valence-corrected chi connectivity index (χ1v) is 7.92. The summed E-state index contributed by atoms with van der Waals surface area (Å²) in [6.07, 6.45) is 5.37. The SMILES string of the molecule is Cc1ncccc1OCC1CCCN1C(=O)c1cnn(C)c1C. The molecule has 0 saturated carbocycles. The van der Waals surface area contributed by atoms with E-state index in [1.807, 2.05) is 37.9 Å². The van der Waals surface area contributed by atoms with Crippen LogP contribution in [0.5, 0.6) is 5.75 Å². The first-order valence-electron chi connectivity index (χ1n) is 7.92. The molecule has 1 aliphatic rings. The second-order valence-electron chi connectivity index (χ2n) is 5.96. The van der Waals surface area contributed by atoms with Gasteiger partial charge in [-0.05, 0) is 38.8 Å². The molecule has 1 unspecified atom stereocenters. The average molecular weight is 314 g/mol. The smallest absolute Gasteiger partial charge is 0.257 e. The Bertz CT molecular complexity index is 710.